The minimum absolute atomic E-state index is 0.0346. The third-order valence-corrected chi connectivity index (χ3v) is 4.72. The zero-order valence-electron chi connectivity index (χ0n) is 14.4. The van der Waals surface area contributed by atoms with Gasteiger partial charge in [-0.3, -0.25) is 0 Å². The Morgan fingerprint density at radius 2 is 2.09 bits per heavy atom. The maximum Gasteiger partial charge on any atom is 0.198 e. The molecule has 5 heteroatoms. The van der Waals surface area contributed by atoms with Crippen LogP contribution in [0.5, 0.6) is 5.75 Å². The van der Waals surface area contributed by atoms with Crippen molar-refractivity contribution >= 4 is 11.1 Å². The minimum Gasteiger partial charge on any atom is -0.493 e. The van der Waals surface area contributed by atoms with Crippen LogP contribution in [-0.4, -0.2) is 31.3 Å². The number of methoxy groups -OCH3 is 2. The van der Waals surface area contributed by atoms with Gasteiger partial charge in [-0.1, -0.05) is 13.8 Å². The van der Waals surface area contributed by atoms with Crippen molar-refractivity contribution in [2.75, 3.05) is 20.8 Å². The van der Waals surface area contributed by atoms with E-state index in [9.17, 15) is 0 Å². The molecule has 1 aromatic heterocycles. The molecule has 1 aromatic carbocycles. The molecule has 0 radical (unpaired) electrons. The lowest BCUT2D eigenvalue weighted by atomic mass is 9.80. The minimum atomic E-state index is 0.0346. The van der Waals surface area contributed by atoms with E-state index in [1.165, 1.54) is 6.42 Å². The Balaban J connectivity index is 1.75. The van der Waals surface area contributed by atoms with E-state index in [2.05, 4.69) is 30.2 Å². The van der Waals surface area contributed by atoms with Crippen LogP contribution >= 0.6 is 0 Å². The van der Waals surface area contributed by atoms with Crippen LogP contribution in [0.2, 0.25) is 0 Å². The van der Waals surface area contributed by atoms with Crippen molar-refractivity contribution in [3.05, 3.63) is 23.6 Å². The van der Waals surface area contributed by atoms with E-state index in [0.717, 1.165) is 54.2 Å². The molecule has 1 heterocycles. The van der Waals surface area contributed by atoms with Gasteiger partial charge in [0.25, 0.3) is 0 Å². The monoisotopic (exact) mass is 318 g/mol. The first-order valence-electron chi connectivity index (χ1n) is 8.30. The Bertz CT molecular complexity index is 669. The summed E-state index contributed by atoms with van der Waals surface area (Å²) in [7, 11) is 3.47. The summed E-state index contributed by atoms with van der Waals surface area (Å²) in [5.41, 5.74) is 2.76. The van der Waals surface area contributed by atoms with Crippen LogP contribution in [-0.2, 0) is 11.3 Å². The highest BCUT2D eigenvalue weighted by molar-refractivity contribution is 5.80. The number of rotatable bonds is 7. The Labute approximate surface area is 137 Å². The van der Waals surface area contributed by atoms with Crippen molar-refractivity contribution in [3.63, 3.8) is 0 Å². The lowest BCUT2D eigenvalue weighted by Crippen LogP contribution is -2.47. The van der Waals surface area contributed by atoms with Gasteiger partial charge in [0.05, 0.1) is 12.7 Å². The normalized spacial score (nSPS) is 16.7. The van der Waals surface area contributed by atoms with Gasteiger partial charge in [0.2, 0.25) is 0 Å². The van der Waals surface area contributed by atoms with Crippen molar-refractivity contribution in [1.29, 1.82) is 0 Å². The van der Waals surface area contributed by atoms with E-state index in [0.29, 0.717) is 0 Å². The van der Waals surface area contributed by atoms with Crippen LogP contribution < -0.4 is 10.1 Å². The second-order valence-electron chi connectivity index (χ2n) is 6.70. The third-order valence-electron chi connectivity index (χ3n) is 4.72. The van der Waals surface area contributed by atoms with E-state index in [1.807, 2.05) is 6.07 Å². The fourth-order valence-corrected chi connectivity index (χ4v) is 3.03. The van der Waals surface area contributed by atoms with Gasteiger partial charge in [-0.05, 0) is 37.0 Å². The average molecular weight is 318 g/mol. The van der Waals surface area contributed by atoms with Crippen LogP contribution in [0.15, 0.2) is 16.5 Å². The van der Waals surface area contributed by atoms with Gasteiger partial charge in [0, 0.05) is 26.1 Å². The summed E-state index contributed by atoms with van der Waals surface area (Å²) >= 11 is 0. The average Bonchev–Trinajstić information content (AvgIpc) is 2.93. The molecule has 23 heavy (non-hydrogen) atoms. The molecule has 0 bridgehead atoms. The van der Waals surface area contributed by atoms with Gasteiger partial charge in [0.1, 0.15) is 5.52 Å². The predicted octanol–water partition coefficient (Wildman–Crippen LogP) is 3.62. The van der Waals surface area contributed by atoms with E-state index in [-0.39, 0.29) is 11.5 Å². The van der Waals surface area contributed by atoms with Crippen LogP contribution in [0.4, 0.5) is 0 Å². The maximum atomic E-state index is 5.83. The molecule has 1 saturated carbocycles. The Morgan fingerprint density at radius 1 is 1.30 bits per heavy atom. The molecular weight excluding hydrogens is 292 g/mol. The number of fused-ring (bicyclic) bond motifs is 1. The second-order valence-corrected chi connectivity index (χ2v) is 6.70. The Kier molecular flexibility index (Phi) is 4.60. The van der Waals surface area contributed by atoms with Gasteiger partial charge in [-0.15, -0.1) is 0 Å². The summed E-state index contributed by atoms with van der Waals surface area (Å²) in [6, 6.07) is 4.09. The molecular formula is C18H26N2O3. The van der Waals surface area contributed by atoms with Gasteiger partial charge in [0.15, 0.2) is 17.2 Å². The van der Waals surface area contributed by atoms with E-state index >= 15 is 0 Å². The molecule has 1 N–H and O–H groups in total. The molecule has 2 aromatic rings. The lowest BCUT2D eigenvalue weighted by molar-refractivity contribution is -0.0695. The number of hydrogen-bond acceptors (Lipinski definition) is 5. The first-order valence-corrected chi connectivity index (χ1v) is 8.30. The highest BCUT2D eigenvalue weighted by Crippen LogP contribution is 2.34. The summed E-state index contributed by atoms with van der Waals surface area (Å²) in [5, 5.41) is 3.50. The number of nitrogens with one attached hydrogen (secondary N) is 1. The first-order chi connectivity index (χ1) is 11.1. The van der Waals surface area contributed by atoms with E-state index in [4.69, 9.17) is 13.9 Å². The van der Waals surface area contributed by atoms with Crippen LogP contribution in [0, 0.1) is 0 Å². The van der Waals surface area contributed by atoms with Gasteiger partial charge >= 0.3 is 0 Å². The quantitative estimate of drug-likeness (QED) is 0.845. The number of nitrogens with zero attached hydrogens (tertiary/aromatic N) is 1. The lowest BCUT2D eigenvalue weighted by Gasteiger charge is -2.40. The molecule has 0 spiro atoms. The third kappa shape index (κ3) is 3.21. The first kappa shape index (κ1) is 16.3. The zero-order chi connectivity index (χ0) is 16.4. The topological polar surface area (TPSA) is 56.5 Å². The van der Waals surface area contributed by atoms with Crippen LogP contribution in [0.3, 0.4) is 0 Å². The molecule has 0 atom stereocenters. The van der Waals surface area contributed by atoms with E-state index in [1.54, 1.807) is 14.2 Å². The fourth-order valence-electron chi connectivity index (χ4n) is 3.03. The smallest absolute Gasteiger partial charge is 0.198 e. The van der Waals surface area contributed by atoms with Crippen LogP contribution in [0.25, 0.3) is 11.1 Å². The number of benzene rings is 1. The molecule has 5 nitrogen and oxygen atoms in total. The summed E-state index contributed by atoms with van der Waals surface area (Å²) in [4.78, 5) is 4.58. The summed E-state index contributed by atoms with van der Waals surface area (Å²) in [6.45, 7) is 5.78. The SMILES string of the molecule is COc1cc(CNCC2(OC)CCC2)cc2nc(C(C)C)oc12. The van der Waals surface area contributed by atoms with Gasteiger partial charge in [-0.2, -0.15) is 0 Å². The highest BCUT2D eigenvalue weighted by atomic mass is 16.5. The molecule has 0 unspecified atom stereocenters. The maximum absolute atomic E-state index is 5.83. The summed E-state index contributed by atoms with van der Waals surface area (Å²) in [6.07, 6.45) is 3.53. The fraction of sp³-hybridized carbons (Fsp3) is 0.611. The van der Waals surface area contributed by atoms with Crippen molar-refractivity contribution < 1.29 is 13.9 Å². The Hall–Kier alpha value is -1.59. The number of hydrogen-bond donors (Lipinski definition) is 1. The van der Waals surface area contributed by atoms with Crippen molar-refractivity contribution in [2.24, 2.45) is 0 Å². The Morgan fingerprint density at radius 3 is 2.65 bits per heavy atom. The number of aromatic nitrogens is 1. The standard InChI is InChI=1S/C18H26N2O3/c1-12(2)17-20-14-8-13(9-15(21-3)16(14)23-17)10-19-11-18(22-4)6-5-7-18/h8-9,12,19H,5-7,10-11H2,1-4H3. The largest absolute Gasteiger partial charge is 0.493 e. The molecule has 0 saturated heterocycles. The molecule has 3 rings (SSSR count). The predicted molar refractivity (Wildman–Crippen MR) is 89.9 cm³/mol. The van der Waals surface area contributed by atoms with Crippen molar-refractivity contribution in [1.82, 2.24) is 10.3 Å². The molecule has 0 aliphatic heterocycles. The van der Waals surface area contributed by atoms with Gasteiger partial charge < -0.3 is 19.2 Å². The number of oxazole rings is 1. The number of ether oxygens (including phenoxy) is 2. The molecule has 1 fully saturated rings. The zero-order valence-corrected chi connectivity index (χ0v) is 14.4. The van der Waals surface area contributed by atoms with E-state index < -0.39 is 0 Å². The molecule has 1 aliphatic rings. The highest BCUT2D eigenvalue weighted by Gasteiger charge is 2.36. The summed E-state index contributed by atoms with van der Waals surface area (Å²) in [5.74, 6) is 1.74. The molecule has 126 valence electrons. The van der Waals surface area contributed by atoms with Crippen molar-refractivity contribution in [2.45, 2.75) is 51.2 Å². The summed E-state index contributed by atoms with van der Waals surface area (Å²) < 4.78 is 17.0. The second kappa shape index (κ2) is 6.49. The van der Waals surface area contributed by atoms with Crippen LogP contribution in [0.1, 0.15) is 50.5 Å². The molecule has 0 amide bonds. The van der Waals surface area contributed by atoms with Gasteiger partial charge in [-0.25, -0.2) is 4.98 Å². The molecule has 1 aliphatic carbocycles. The van der Waals surface area contributed by atoms with Crippen molar-refractivity contribution in [3.8, 4) is 5.75 Å².